The minimum Gasteiger partial charge on any atom is -1.00 e. The smallest absolute Gasteiger partial charge is 0.178 e. The van der Waals surface area contributed by atoms with Crippen LogP contribution in [0.1, 0.15) is 11.3 Å². The van der Waals surface area contributed by atoms with E-state index in [-0.39, 0.29) is 17.0 Å². The van der Waals surface area contributed by atoms with Crippen LogP contribution in [0.2, 0.25) is 0 Å². The minimum absolute atomic E-state index is 0. The summed E-state index contributed by atoms with van der Waals surface area (Å²) in [5, 5.41) is 0. The molecule has 2 heteroatoms. The number of hydrogen-bond acceptors (Lipinski definition) is 0. The molecule has 0 atom stereocenters. The average Bonchev–Trinajstić information content (AvgIpc) is 2.33. The van der Waals surface area contributed by atoms with Gasteiger partial charge in [-0.15, -0.1) is 0 Å². The maximum atomic E-state index is 2.22. The number of rotatable bonds is 3. The molecule has 0 saturated heterocycles. The number of allylic oxidation sites excluding steroid dienone is 1. The van der Waals surface area contributed by atoms with Crippen molar-refractivity contribution in [3.05, 3.63) is 72.1 Å². The number of aryl methyl sites for hydroxylation is 1. The van der Waals surface area contributed by atoms with Crippen molar-refractivity contribution in [1.29, 1.82) is 0 Å². The molecule has 1 aromatic carbocycles. The van der Waals surface area contributed by atoms with E-state index in [0.717, 1.165) is 6.54 Å². The molecule has 2 rings (SSSR count). The molecule has 1 aromatic heterocycles. The van der Waals surface area contributed by atoms with Gasteiger partial charge in [0.05, 0.1) is 0 Å². The lowest BCUT2D eigenvalue weighted by atomic mass is 10.2. The third-order valence-electron chi connectivity index (χ3n) is 2.58. The van der Waals surface area contributed by atoms with E-state index < -0.39 is 0 Å². The molecule has 88 valence electrons. The highest BCUT2D eigenvalue weighted by molar-refractivity contribution is 5.48. The van der Waals surface area contributed by atoms with E-state index in [1.807, 2.05) is 6.07 Å². The van der Waals surface area contributed by atoms with Crippen LogP contribution >= 0.6 is 0 Å². The molecule has 0 N–H and O–H groups in total. The van der Waals surface area contributed by atoms with E-state index in [0.29, 0.717) is 0 Å². The zero-order valence-corrected chi connectivity index (χ0v) is 11.5. The fraction of sp³-hybridized carbons (Fsp3) is 0.133. The van der Waals surface area contributed by atoms with Gasteiger partial charge in [-0.1, -0.05) is 42.5 Å². The SMILES string of the molecule is Cc1cccc[n+]1CC=Cc1ccccc1.[Br-]. The second-order valence-electron chi connectivity index (χ2n) is 3.81. The number of pyridine rings is 1. The molecule has 0 spiro atoms. The van der Waals surface area contributed by atoms with E-state index in [1.165, 1.54) is 11.3 Å². The molecule has 0 aliphatic carbocycles. The Morgan fingerprint density at radius 3 is 2.41 bits per heavy atom. The molecule has 2 aromatic rings. The Kier molecular flexibility index (Phi) is 5.64. The van der Waals surface area contributed by atoms with Gasteiger partial charge in [0.25, 0.3) is 0 Å². The van der Waals surface area contributed by atoms with E-state index in [1.54, 1.807) is 0 Å². The lowest BCUT2D eigenvalue weighted by Gasteiger charge is -1.95. The topological polar surface area (TPSA) is 3.88 Å². The standard InChI is InChI=1S/C15H16N.BrH/c1-14-8-5-6-12-16(14)13-7-11-15-9-3-2-4-10-15;/h2-12H,13H2,1H3;1H/q+1;/p-1. The zero-order chi connectivity index (χ0) is 11.2. The average molecular weight is 290 g/mol. The molecule has 1 nitrogen and oxygen atoms in total. The molecule has 0 aliphatic heterocycles. The highest BCUT2D eigenvalue weighted by Crippen LogP contribution is 2.00. The number of nitrogens with zero attached hydrogens (tertiary/aromatic N) is 1. The molecular weight excluding hydrogens is 274 g/mol. The van der Waals surface area contributed by atoms with E-state index in [9.17, 15) is 0 Å². The molecule has 0 amide bonds. The van der Waals surface area contributed by atoms with Gasteiger partial charge in [-0.2, -0.15) is 4.57 Å². The summed E-state index contributed by atoms with van der Waals surface area (Å²) in [7, 11) is 0. The Balaban J connectivity index is 0.00000144. The fourth-order valence-electron chi connectivity index (χ4n) is 1.63. The van der Waals surface area contributed by atoms with Gasteiger partial charge >= 0.3 is 0 Å². The maximum absolute atomic E-state index is 2.22. The van der Waals surface area contributed by atoms with Crippen molar-refractivity contribution in [2.75, 3.05) is 0 Å². The molecule has 0 fully saturated rings. The quantitative estimate of drug-likeness (QED) is 0.701. The highest BCUT2D eigenvalue weighted by Gasteiger charge is 1.99. The first kappa shape index (κ1) is 13.7. The van der Waals surface area contributed by atoms with Gasteiger partial charge in [-0.05, 0) is 11.6 Å². The highest BCUT2D eigenvalue weighted by atomic mass is 79.9. The van der Waals surface area contributed by atoms with Crippen LogP contribution in [-0.4, -0.2) is 0 Å². The normalized spacial score (nSPS) is 10.2. The molecular formula is C15H16BrN. The molecule has 1 heterocycles. The van der Waals surface area contributed by atoms with Gasteiger partial charge in [0.15, 0.2) is 18.4 Å². The van der Waals surface area contributed by atoms with Gasteiger partial charge in [0.2, 0.25) is 0 Å². The largest absolute Gasteiger partial charge is 1.00 e. The molecule has 0 radical (unpaired) electrons. The van der Waals surface area contributed by atoms with Gasteiger partial charge in [0, 0.05) is 19.1 Å². The van der Waals surface area contributed by atoms with Gasteiger partial charge in [-0.25, -0.2) is 0 Å². The summed E-state index contributed by atoms with van der Waals surface area (Å²) in [5.41, 5.74) is 2.52. The number of halogens is 1. The minimum atomic E-state index is 0. The van der Waals surface area contributed by atoms with Crippen molar-refractivity contribution >= 4 is 6.08 Å². The monoisotopic (exact) mass is 289 g/mol. The van der Waals surface area contributed by atoms with Crippen molar-refractivity contribution in [2.45, 2.75) is 13.5 Å². The van der Waals surface area contributed by atoms with Gasteiger partial charge < -0.3 is 17.0 Å². The lowest BCUT2D eigenvalue weighted by molar-refractivity contribution is -0.692. The van der Waals surface area contributed by atoms with Crippen molar-refractivity contribution in [1.82, 2.24) is 0 Å². The van der Waals surface area contributed by atoms with Crippen LogP contribution in [0.25, 0.3) is 6.08 Å². The third-order valence-corrected chi connectivity index (χ3v) is 2.58. The molecule has 0 saturated carbocycles. The Morgan fingerprint density at radius 1 is 1.00 bits per heavy atom. The van der Waals surface area contributed by atoms with Crippen LogP contribution in [0.15, 0.2) is 60.8 Å². The third kappa shape index (κ3) is 4.16. The molecule has 0 aliphatic rings. The van der Waals surface area contributed by atoms with Gasteiger partial charge in [0.1, 0.15) is 0 Å². The summed E-state index contributed by atoms with van der Waals surface area (Å²) in [6.07, 6.45) is 6.44. The van der Waals surface area contributed by atoms with Crippen molar-refractivity contribution in [2.24, 2.45) is 0 Å². The van der Waals surface area contributed by atoms with Crippen LogP contribution in [0.3, 0.4) is 0 Å². The van der Waals surface area contributed by atoms with Crippen LogP contribution < -0.4 is 21.5 Å². The van der Waals surface area contributed by atoms with Gasteiger partial charge in [-0.3, -0.25) is 0 Å². The lowest BCUT2D eigenvalue weighted by Crippen LogP contribution is -3.00. The van der Waals surface area contributed by atoms with Crippen LogP contribution in [0.5, 0.6) is 0 Å². The second-order valence-corrected chi connectivity index (χ2v) is 3.81. The predicted molar refractivity (Wildman–Crippen MR) is 66.9 cm³/mol. The molecule has 17 heavy (non-hydrogen) atoms. The number of aromatic nitrogens is 1. The first-order chi connectivity index (χ1) is 7.86. The second kappa shape index (κ2) is 7.02. The van der Waals surface area contributed by atoms with Crippen LogP contribution in [0, 0.1) is 6.92 Å². The first-order valence-corrected chi connectivity index (χ1v) is 5.53. The summed E-state index contributed by atoms with van der Waals surface area (Å²) in [6.45, 7) is 3.04. The Hall–Kier alpha value is -1.41. The Bertz CT molecular complexity index is 477. The van der Waals surface area contributed by atoms with Crippen molar-refractivity contribution in [3.63, 3.8) is 0 Å². The van der Waals surface area contributed by atoms with E-state index in [4.69, 9.17) is 0 Å². The fourth-order valence-corrected chi connectivity index (χ4v) is 1.63. The molecule has 0 bridgehead atoms. The van der Waals surface area contributed by atoms with Crippen LogP contribution in [-0.2, 0) is 6.54 Å². The summed E-state index contributed by atoms with van der Waals surface area (Å²) in [5.74, 6) is 0. The summed E-state index contributed by atoms with van der Waals surface area (Å²) in [6, 6.07) is 16.6. The zero-order valence-electron chi connectivity index (χ0n) is 9.88. The molecule has 0 unspecified atom stereocenters. The van der Waals surface area contributed by atoms with Crippen molar-refractivity contribution in [3.8, 4) is 0 Å². The Labute approximate surface area is 113 Å². The summed E-state index contributed by atoms with van der Waals surface area (Å²) >= 11 is 0. The predicted octanol–water partition coefficient (Wildman–Crippen LogP) is -0.0000800. The summed E-state index contributed by atoms with van der Waals surface area (Å²) in [4.78, 5) is 0. The maximum Gasteiger partial charge on any atom is 0.178 e. The number of benzene rings is 1. The first-order valence-electron chi connectivity index (χ1n) is 5.53. The Morgan fingerprint density at radius 2 is 1.71 bits per heavy atom. The van der Waals surface area contributed by atoms with E-state index >= 15 is 0 Å². The van der Waals surface area contributed by atoms with E-state index in [2.05, 4.69) is 72.3 Å². The van der Waals surface area contributed by atoms with Crippen molar-refractivity contribution < 1.29 is 21.5 Å². The summed E-state index contributed by atoms with van der Waals surface area (Å²) < 4.78 is 2.22. The van der Waals surface area contributed by atoms with Crippen LogP contribution in [0.4, 0.5) is 0 Å². The number of hydrogen-bond donors (Lipinski definition) is 0.